The highest BCUT2D eigenvalue weighted by atomic mass is 35.5. The number of β-amino-alcohol motifs (C(OH)–C–C–N with tert-alkyl or cyclic N) is 1. The number of benzene rings is 2. The van der Waals surface area contributed by atoms with Crippen molar-refractivity contribution in [2.45, 2.75) is 25.1 Å². The number of ether oxygens (including phenoxy) is 2. The molecular weight excluding hydrogens is 436 g/mol. The van der Waals surface area contributed by atoms with Gasteiger partial charge in [-0.2, -0.15) is 0 Å². The Labute approximate surface area is 191 Å². The van der Waals surface area contributed by atoms with E-state index in [1.807, 2.05) is 0 Å². The van der Waals surface area contributed by atoms with Crippen molar-refractivity contribution in [1.82, 2.24) is 10.2 Å². The molecule has 1 heterocycles. The number of nitrogens with zero attached hydrogens (tertiary/aromatic N) is 1. The molecule has 3 rings (SSSR count). The van der Waals surface area contributed by atoms with Gasteiger partial charge in [-0.3, -0.25) is 9.59 Å². The molecule has 2 unspecified atom stereocenters. The average molecular weight is 461 g/mol. The van der Waals surface area contributed by atoms with Crippen molar-refractivity contribution < 1.29 is 29.3 Å². The highest BCUT2D eigenvalue weighted by Gasteiger charge is 2.37. The molecule has 9 heteroatoms. The summed E-state index contributed by atoms with van der Waals surface area (Å²) in [6.07, 6.45) is 2.21. The topological polar surface area (TPSA) is 108 Å². The number of carbonyl (C=O) groups is 2. The number of amides is 2. The average Bonchev–Trinajstić information content (AvgIpc) is 3.19. The van der Waals surface area contributed by atoms with E-state index in [0.717, 1.165) is 5.56 Å². The van der Waals surface area contributed by atoms with Gasteiger partial charge in [0.1, 0.15) is 6.04 Å². The molecule has 170 valence electrons. The molecule has 0 aliphatic carbocycles. The standard InChI is InChI=1S/C23H25ClN2O6/c1-31-19-9-15(10-20(32-2)22(19)29)5-8-21(28)26-13-17(27)11-18(26)23(30)25-12-14-3-6-16(24)7-4-14/h3-10,17-18,27,29H,11-13H2,1-2H3,(H,25,30). The van der Waals surface area contributed by atoms with Crippen molar-refractivity contribution in [1.29, 1.82) is 0 Å². The first-order chi connectivity index (χ1) is 15.3. The van der Waals surface area contributed by atoms with E-state index in [1.54, 1.807) is 36.4 Å². The SMILES string of the molecule is COc1cc(C=CC(=O)N2CC(O)CC2C(=O)NCc2ccc(Cl)cc2)cc(OC)c1O. The summed E-state index contributed by atoms with van der Waals surface area (Å²) >= 11 is 5.87. The fourth-order valence-corrected chi connectivity index (χ4v) is 3.61. The fraction of sp³-hybridized carbons (Fsp3) is 0.304. The van der Waals surface area contributed by atoms with Crippen LogP contribution in [0.5, 0.6) is 17.2 Å². The van der Waals surface area contributed by atoms with Crippen LogP contribution in [-0.4, -0.2) is 59.8 Å². The van der Waals surface area contributed by atoms with Gasteiger partial charge >= 0.3 is 0 Å². The van der Waals surface area contributed by atoms with Gasteiger partial charge in [0, 0.05) is 30.6 Å². The number of methoxy groups -OCH3 is 2. The summed E-state index contributed by atoms with van der Waals surface area (Å²) in [5.74, 6) is -0.496. The normalized spacial score (nSPS) is 18.1. The van der Waals surface area contributed by atoms with Gasteiger partial charge in [-0.25, -0.2) is 0 Å². The molecule has 2 amide bonds. The van der Waals surface area contributed by atoms with Crippen molar-refractivity contribution in [2.75, 3.05) is 20.8 Å². The quantitative estimate of drug-likeness (QED) is 0.547. The maximum Gasteiger partial charge on any atom is 0.247 e. The molecule has 1 aliphatic heterocycles. The van der Waals surface area contributed by atoms with E-state index < -0.39 is 18.1 Å². The summed E-state index contributed by atoms with van der Waals surface area (Å²) in [6.45, 7) is 0.345. The number of nitrogens with one attached hydrogen (secondary N) is 1. The number of carbonyl (C=O) groups excluding carboxylic acids is 2. The maximum atomic E-state index is 12.8. The molecular formula is C23H25ClN2O6. The molecule has 1 aliphatic rings. The van der Waals surface area contributed by atoms with Gasteiger partial charge in [0.2, 0.25) is 17.6 Å². The second kappa shape index (κ2) is 10.4. The molecule has 0 radical (unpaired) electrons. The Bertz CT molecular complexity index is 983. The van der Waals surface area contributed by atoms with Gasteiger partial charge in [0.25, 0.3) is 0 Å². The van der Waals surface area contributed by atoms with E-state index >= 15 is 0 Å². The Morgan fingerprint density at radius 1 is 1.19 bits per heavy atom. The maximum absolute atomic E-state index is 12.8. The van der Waals surface area contributed by atoms with Gasteiger partial charge in [-0.15, -0.1) is 0 Å². The molecule has 32 heavy (non-hydrogen) atoms. The minimum atomic E-state index is -0.785. The second-order valence-corrected chi connectivity index (χ2v) is 7.78. The van der Waals surface area contributed by atoms with E-state index in [4.69, 9.17) is 21.1 Å². The van der Waals surface area contributed by atoms with Crippen molar-refractivity contribution >= 4 is 29.5 Å². The molecule has 0 saturated carbocycles. The Hall–Kier alpha value is -3.23. The fourth-order valence-electron chi connectivity index (χ4n) is 3.49. The van der Waals surface area contributed by atoms with Gasteiger partial charge in [0.15, 0.2) is 11.5 Å². The lowest BCUT2D eigenvalue weighted by Crippen LogP contribution is -2.45. The van der Waals surface area contributed by atoms with E-state index in [2.05, 4.69) is 5.32 Å². The predicted molar refractivity (Wildman–Crippen MR) is 120 cm³/mol. The molecule has 2 aromatic rings. The molecule has 0 bridgehead atoms. The molecule has 0 aromatic heterocycles. The Kier molecular flexibility index (Phi) is 7.61. The van der Waals surface area contributed by atoms with Crippen LogP contribution in [-0.2, 0) is 16.1 Å². The van der Waals surface area contributed by atoms with E-state index in [0.29, 0.717) is 10.6 Å². The largest absolute Gasteiger partial charge is 0.502 e. The minimum absolute atomic E-state index is 0.0599. The first-order valence-electron chi connectivity index (χ1n) is 9.96. The zero-order chi connectivity index (χ0) is 23.3. The third kappa shape index (κ3) is 5.52. The summed E-state index contributed by atoms with van der Waals surface area (Å²) in [7, 11) is 2.82. The molecule has 1 fully saturated rings. The number of rotatable bonds is 7. The Balaban J connectivity index is 1.69. The number of aliphatic hydroxyl groups excluding tert-OH is 1. The summed E-state index contributed by atoms with van der Waals surface area (Å²) in [5, 5.41) is 23.5. The monoisotopic (exact) mass is 460 g/mol. The highest BCUT2D eigenvalue weighted by molar-refractivity contribution is 6.30. The number of halogens is 1. The summed E-state index contributed by atoms with van der Waals surface area (Å²) < 4.78 is 10.2. The van der Waals surface area contributed by atoms with Crippen LogP contribution in [0.25, 0.3) is 6.08 Å². The van der Waals surface area contributed by atoms with Crippen molar-refractivity contribution in [3.05, 3.63) is 58.6 Å². The Morgan fingerprint density at radius 3 is 2.41 bits per heavy atom. The third-order valence-corrected chi connectivity index (χ3v) is 5.42. The lowest BCUT2D eigenvalue weighted by atomic mass is 10.1. The van der Waals surface area contributed by atoms with Crippen LogP contribution in [0.3, 0.4) is 0 Å². The summed E-state index contributed by atoms with van der Waals surface area (Å²) in [6, 6.07) is 9.40. The van der Waals surface area contributed by atoms with Crippen LogP contribution in [0.1, 0.15) is 17.5 Å². The highest BCUT2D eigenvalue weighted by Crippen LogP contribution is 2.37. The van der Waals surface area contributed by atoms with Crippen LogP contribution in [0.15, 0.2) is 42.5 Å². The van der Waals surface area contributed by atoms with Gasteiger partial charge in [0.05, 0.1) is 20.3 Å². The Morgan fingerprint density at radius 2 is 1.81 bits per heavy atom. The third-order valence-electron chi connectivity index (χ3n) is 5.17. The number of phenolic OH excluding ortho intramolecular Hbond substituents is 1. The number of aliphatic hydroxyl groups is 1. The smallest absolute Gasteiger partial charge is 0.247 e. The molecule has 3 N–H and O–H groups in total. The molecule has 8 nitrogen and oxygen atoms in total. The van der Waals surface area contributed by atoms with E-state index in [1.165, 1.54) is 31.3 Å². The zero-order valence-corrected chi connectivity index (χ0v) is 18.5. The van der Waals surface area contributed by atoms with Gasteiger partial charge < -0.3 is 29.9 Å². The van der Waals surface area contributed by atoms with Crippen LogP contribution in [0.4, 0.5) is 0 Å². The van der Waals surface area contributed by atoms with E-state index in [-0.39, 0.29) is 42.7 Å². The number of likely N-dealkylation sites (tertiary alicyclic amines) is 1. The molecule has 0 spiro atoms. The molecule has 2 atom stereocenters. The second-order valence-electron chi connectivity index (χ2n) is 7.35. The van der Waals surface area contributed by atoms with Gasteiger partial charge in [-0.1, -0.05) is 23.7 Å². The zero-order valence-electron chi connectivity index (χ0n) is 17.7. The number of aromatic hydroxyl groups is 1. The van der Waals surface area contributed by atoms with Crippen LogP contribution in [0, 0.1) is 0 Å². The minimum Gasteiger partial charge on any atom is -0.502 e. The molecule has 2 aromatic carbocycles. The number of hydrogen-bond donors (Lipinski definition) is 3. The van der Waals surface area contributed by atoms with Crippen LogP contribution < -0.4 is 14.8 Å². The lowest BCUT2D eigenvalue weighted by Gasteiger charge is -2.22. The number of hydrogen-bond acceptors (Lipinski definition) is 6. The lowest BCUT2D eigenvalue weighted by molar-refractivity contribution is -0.135. The van der Waals surface area contributed by atoms with Crippen molar-refractivity contribution in [2.24, 2.45) is 0 Å². The summed E-state index contributed by atoms with van der Waals surface area (Å²) in [4.78, 5) is 26.8. The molecule has 1 saturated heterocycles. The number of phenols is 1. The van der Waals surface area contributed by atoms with Crippen molar-refractivity contribution in [3.63, 3.8) is 0 Å². The van der Waals surface area contributed by atoms with Crippen LogP contribution >= 0.6 is 11.6 Å². The predicted octanol–water partition coefficient (Wildman–Crippen LogP) is 2.35. The first-order valence-corrected chi connectivity index (χ1v) is 10.3. The van der Waals surface area contributed by atoms with Gasteiger partial charge in [-0.05, 0) is 41.5 Å². The van der Waals surface area contributed by atoms with Crippen LogP contribution in [0.2, 0.25) is 5.02 Å². The summed E-state index contributed by atoms with van der Waals surface area (Å²) in [5.41, 5.74) is 1.43. The van der Waals surface area contributed by atoms with Crippen molar-refractivity contribution in [3.8, 4) is 17.2 Å². The van der Waals surface area contributed by atoms with E-state index in [9.17, 15) is 19.8 Å². The first kappa shape index (κ1) is 23.4.